The number of amides is 2. The molecule has 0 aliphatic rings. The van der Waals surface area contributed by atoms with Gasteiger partial charge in [0.2, 0.25) is 11.8 Å². The minimum absolute atomic E-state index is 0.00942. The van der Waals surface area contributed by atoms with Crippen LogP contribution in [0.25, 0.3) is 0 Å². The molecular formula is C16H24N2O3. The number of likely N-dealkylation sites (N-methyl/N-ethyl adjacent to an activating group) is 1. The standard InChI is InChI=1S/C16H24N2O3/c1-5-12(3)16(20)18(6-2)11-15(19)17-13-9-7-8-10-14(13)21-4/h7-10,12H,5-6,11H2,1-4H3,(H,17,19). The number of nitrogens with zero attached hydrogens (tertiary/aromatic N) is 1. The fourth-order valence-corrected chi connectivity index (χ4v) is 1.94. The molecule has 0 aliphatic heterocycles. The number of rotatable bonds is 7. The summed E-state index contributed by atoms with van der Waals surface area (Å²) in [6.07, 6.45) is 0.767. The van der Waals surface area contributed by atoms with Crippen molar-refractivity contribution in [3.63, 3.8) is 0 Å². The molecule has 0 fully saturated rings. The lowest BCUT2D eigenvalue weighted by Gasteiger charge is -2.23. The summed E-state index contributed by atoms with van der Waals surface area (Å²) in [7, 11) is 1.55. The van der Waals surface area contributed by atoms with Crippen LogP contribution in [-0.2, 0) is 9.59 Å². The average Bonchev–Trinajstić information content (AvgIpc) is 2.51. The molecule has 1 aromatic carbocycles. The number of hydrogen-bond acceptors (Lipinski definition) is 3. The third kappa shape index (κ3) is 4.77. The van der Waals surface area contributed by atoms with Gasteiger partial charge in [-0.1, -0.05) is 26.0 Å². The normalized spacial score (nSPS) is 11.6. The number of anilines is 1. The molecule has 116 valence electrons. The molecule has 1 rings (SSSR count). The molecule has 0 spiro atoms. The predicted molar refractivity (Wildman–Crippen MR) is 83.3 cm³/mol. The Balaban J connectivity index is 2.69. The Morgan fingerprint density at radius 1 is 1.29 bits per heavy atom. The molecule has 1 N–H and O–H groups in total. The number of nitrogens with one attached hydrogen (secondary N) is 1. The lowest BCUT2D eigenvalue weighted by atomic mass is 10.1. The van der Waals surface area contributed by atoms with E-state index in [0.29, 0.717) is 18.0 Å². The molecule has 0 heterocycles. The maximum absolute atomic E-state index is 12.1. The van der Waals surface area contributed by atoms with Crippen molar-refractivity contribution in [2.75, 3.05) is 25.5 Å². The topological polar surface area (TPSA) is 58.6 Å². The van der Waals surface area contributed by atoms with Gasteiger partial charge >= 0.3 is 0 Å². The van der Waals surface area contributed by atoms with E-state index in [-0.39, 0.29) is 24.3 Å². The SMILES string of the molecule is CCC(C)C(=O)N(CC)CC(=O)Nc1ccccc1OC. The van der Waals surface area contributed by atoms with Crippen LogP contribution in [0, 0.1) is 5.92 Å². The van der Waals surface area contributed by atoms with E-state index >= 15 is 0 Å². The molecule has 0 saturated carbocycles. The van der Waals surface area contributed by atoms with Crippen LogP contribution in [0.2, 0.25) is 0 Å². The van der Waals surface area contributed by atoms with Crippen molar-refractivity contribution in [1.82, 2.24) is 4.90 Å². The number of hydrogen-bond donors (Lipinski definition) is 1. The van der Waals surface area contributed by atoms with E-state index in [1.807, 2.05) is 32.9 Å². The first-order valence-corrected chi connectivity index (χ1v) is 7.25. The van der Waals surface area contributed by atoms with Gasteiger partial charge in [0.25, 0.3) is 0 Å². The third-order valence-corrected chi connectivity index (χ3v) is 3.44. The number of benzene rings is 1. The summed E-state index contributed by atoms with van der Waals surface area (Å²) in [5.41, 5.74) is 0.608. The summed E-state index contributed by atoms with van der Waals surface area (Å²) in [5.74, 6) is 0.319. The Bertz CT molecular complexity index is 488. The van der Waals surface area contributed by atoms with Crippen molar-refractivity contribution in [3.05, 3.63) is 24.3 Å². The van der Waals surface area contributed by atoms with Gasteiger partial charge in [0.1, 0.15) is 5.75 Å². The smallest absolute Gasteiger partial charge is 0.244 e. The molecule has 1 unspecified atom stereocenters. The van der Waals surface area contributed by atoms with Gasteiger partial charge in [-0.2, -0.15) is 0 Å². The molecule has 5 heteroatoms. The molecule has 0 saturated heterocycles. The van der Waals surface area contributed by atoms with Gasteiger partial charge in [-0.25, -0.2) is 0 Å². The second-order valence-corrected chi connectivity index (χ2v) is 4.91. The van der Waals surface area contributed by atoms with Crippen LogP contribution in [0.4, 0.5) is 5.69 Å². The second-order valence-electron chi connectivity index (χ2n) is 4.91. The van der Waals surface area contributed by atoms with Crippen molar-refractivity contribution in [2.45, 2.75) is 27.2 Å². The minimum atomic E-state index is -0.224. The van der Waals surface area contributed by atoms with E-state index in [1.54, 1.807) is 24.1 Å². The van der Waals surface area contributed by atoms with Crippen molar-refractivity contribution in [3.8, 4) is 5.75 Å². The maximum Gasteiger partial charge on any atom is 0.244 e. The van der Waals surface area contributed by atoms with Gasteiger partial charge in [-0.15, -0.1) is 0 Å². The summed E-state index contributed by atoms with van der Waals surface area (Å²) < 4.78 is 5.19. The van der Waals surface area contributed by atoms with Gasteiger partial charge < -0.3 is 15.0 Å². The monoisotopic (exact) mass is 292 g/mol. The van der Waals surface area contributed by atoms with E-state index in [1.165, 1.54) is 0 Å². The van der Waals surface area contributed by atoms with Crippen LogP contribution >= 0.6 is 0 Å². The fourth-order valence-electron chi connectivity index (χ4n) is 1.94. The van der Waals surface area contributed by atoms with Crippen LogP contribution in [-0.4, -0.2) is 36.9 Å². The van der Waals surface area contributed by atoms with E-state index in [2.05, 4.69) is 5.32 Å². The molecule has 5 nitrogen and oxygen atoms in total. The van der Waals surface area contributed by atoms with Crippen LogP contribution in [0.1, 0.15) is 27.2 Å². The van der Waals surface area contributed by atoms with Crippen molar-refractivity contribution < 1.29 is 14.3 Å². The van der Waals surface area contributed by atoms with E-state index in [0.717, 1.165) is 6.42 Å². The highest BCUT2D eigenvalue weighted by Crippen LogP contribution is 2.22. The zero-order valence-electron chi connectivity index (χ0n) is 13.2. The molecule has 1 aromatic rings. The number of carbonyl (C=O) groups is 2. The number of ether oxygens (including phenoxy) is 1. The lowest BCUT2D eigenvalue weighted by Crippen LogP contribution is -2.40. The molecule has 0 aliphatic carbocycles. The van der Waals surface area contributed by atoms with Crippen LogP contribution in [0.15, 0.2) is 24.3 Å². The Morgan fingerprint density at radius 3 is 2.52 bits per heavy atom. The van der Waals surface area contributed by atoms with Gasteiger partial charge in [0.05, 0.1) is 19.3 Å². The Hall–Kier alpha value is -2.04. The summed E-state index contributed by atoms with van der Waals surface area (Å²) in [6.45, 7) is 6.28. The molecule has 2 amide bonds. The van der Waals surface area contributed by atoms with E-state index < -0.39 is 0 Å². The quantitative estimate of drug-likeness (QED) is 0.840. The lowest BCUT2D eigenvalue weighted by molar-refractivity contribution is -0.137. The average molecular weight is 292 g/mol. The highest BCUT2D eigenvalue weighted by Gasteiger charge is 2.20. The largest absolute Gasteiger partial charge is 0.495 e. The molecule has 0 aromatic heterocycles. The highest BCUT2D eigenvalue weighted by atomic mass is 16.5. The first kappa shape index (κ1) is 17.0. The van der Waals surface area contributed by atoms with Gasteiger partial charge in [-0.3, -0.25) is 9.59 Å². The van der Waals surface area contributed by atoms with E-state index in [9.17, 15) is 9.59 Å². The Labute approximate surface area is 126 Å². The zero-order chi connectivity index (χ0) is 15.8. The van der Waals surface area contributed by atoms with Crippen LogP contribution < -0.4 is 10.1 Å². The Morgan fingerprint density at radius 2 is 1.95 bits per heavy atom. The molecule has 0 radical (unpaired) electrons. The van der Waals surface area contributed by atoms with Crippen LogP contribution in [0.5, 0.6) is 5.75 Å². The summed E-state index contributed by atoms with van der Waals surface area (Å²) in [4.78, 5) is 25.8. The highest BCUT2D eigenvalue weighted by molar-refractivity contribution is 5.95. The van der Waals surface area contributed by atoms with E-state index in [4.69, 9.17) is 4.74 Å². The summed E-state index contributed by atoms with van der Waals surface area (Å²) in [5, 5.41) is 2.78. The van der Waals surface area contributed by atoms with Gasteiger partial charge in [-0.05, 0) is 25.5 Å². The fraction of sp³-hybridized carbons (Fsp3) is 0.500. The third-order valence-electron chi connectivity index (χ3n) is 3.44. The van der Waals surface area contributed by atoms with Crippen molar-refractivity contribution in [1.29, 1.82) is 0 Å². The number of carbonyl (C=O) groups excluding carboxylic acids is 2. The minimum Gasteiger partial charge on any atom is -0.495 e. The number of methoxy groups -OCH3 is 1. The summed E-state index contributed by atoms with van der Waals surface area (Å²) in [6, 6.07) is 7.19. The first-order chi connectivity index (χ1) is 10.0. The van der Waals surface area contributed by atoms with Crippen molar-refractivity contribution >= 4 is 17.5 Å². The van der Waals surface area contributed by atoms with Crippen LogP contribution in [0.3, 0.4) is 0 Å². The molecule has 1 atom stereocenters. The molecule has 0 bridgehead atoms. The maximum atomic E-state index is 12.1. The van der Waals surface area contributed by atoms with Gasteiger partial charge in [0, 0.05) is 12.5 Å². The van der Waals surface area contributed by atoms with Gasteiger partial charge in [0.15, 0.2) is 0 Å². The zero-order valence-corrected chi connectivity index (χ0v) is 13.2. The summed E-state index contributed by atoms with van der Waals surface area (Å²) >= 11 is 0. The second kappa shape index (κ2) is 8.29. The number of para-hydroxylation sites is 2. The predicted octanol–water partition coefficient (Wildman–Crippen LogP) is 2.53. The first-order valence-electron chi connectivity index (χ1n) is 7.25. The molecular weight excluding hydrogens is 268 g/mol. The molecule has 21 heavy (non-hydrogen) atoms. The Kier molecular flexibility index (Phi) is 6.72. The van der Waals surface area contributed by atoms with Crippen molar-refractivity contribution in [2.24, 2.45) is 5.92 Å².